The first-order valence-electron chi connectivity index (χ1n) is 8.10. The molecule has 4 nitrogen and oxygen atoms in total. The van der Waals surface area contributed by atoms with Gasteiger partial charge < -0.3 is 15.4 Å². The molecule has 0 aromatic heterocycles. The van der Waals surface area contributed by atoms with Crippen LogP contribution < -0.4 is 15.4 Å². The molecule has 1 atom stereocenters. The molecular formula is C19H23ClN2O2. The van der Waals surface area contributed by atoms with E-state index in [1.54, 1.807) is 0 Å². The standard InChI is InChI=1S/C19H22N2O2.ClH/c1-2-10-23-17-9-5-8-16(12-17)21-19(22)18-11-14-6-3-4-7-15(14)13-20-18;/h3-9,12,18,20H,2,10-11,13H2,1H3,(H,21,22);1H. The molecule has 0 spiro atoms. The van der Waals surface area contributed by atoms with Crippen molar-refractivity contribution in [2.45, 2.75) is 32.4 Å². The molecule has 1 aliphatic rings. The Hall–Kier alpha value is -2.04. The number of benzene rings is 2. The molecule has 128 valence electrons. The number of fused-ring (bicyclic) bond motifs is 1. The lowest BCUT2D eigenvalue weighted by Crippen LogP contribution is -2.44. The number of hydrogen-bond donors (Lipinski definition) is 2. The van der Waals surface area contributed by atoms with E-state index in [1.807, 2.05) is 36.4 Å². The molecule has 1 aliphatic heterocycles. The second-order valence-corrected chi connectivity index (χ2v) is 5.77. The van der Waals surface area contributed by atoms with E-state index < -0.39 is 0 Å². The van der Waals surface area contributed by atoms with E-state index in [4.69, 9.17) is 4.74 Å². The first-order chi connectivity index (χ1) is 11.3. The second-order valence-electron chi connectivity index (χ2n) is 5.77. The second kappa shape index (κ2) is 8.71. The average Bonchev–Trinajstić information content (AvgIpc) is 2.60. The van der Waals surface area contributed by atoms with Gasteiger partial charge in [-0.1, -0.05) is 37.3 Å². The number of anilines is 1. The average molecular weight is 347 g/mol. The van der Waals surface area contributed by atoms with E-state index >= 15 is 0 Å². The minimum absolute atomic E-state index is 0. The molecule has 0 radical (unpaired) electrons. The van der Waals surface area contributed by atoms with Crippen molar-refractivity contribution in [3.05, 3.63) is 59.7 Å². The van der Waals surface area contributed by atoms with E-state index in [-0.39, 0.29) is 24.4 Å². The molecule has 3 rings (SSSR count). The fourth-order valence-electron chi connectivity index (χ4n) is 2.75. The van der Waals surface area contributed by atoms with E-state index in [0.717, 1.165) is 24.4 Å². The van der Waals surface area contributed by atoms with Gasteiger partial charge in [0.15, 0.2) is 0 Å². The lowest BCUT2D eigenvalue weighted by Gasteiger charge is -2.25. The van der Waals surface area contributed by atoms with Crippen LogP contribution in [0.3, 0.4) is 0 Å². The molecular weight excluding hydrogens is 324 g/mol. The summed E-state index contributed by atoms with van der Waals surface area (Å²) in [5.74, 6) is 0.777. The zero-order valence-corrected chi connectivity index (χ0v) is 14.6. The van der Waals surface area contributed by atoms with Crippen molar-refractivity contribution in [1.29, 1.82) is 0 Å². The van der Waals surface area contributed by atoms with Gasteiger partial charge in [0.05, 0.1) is 12.6 Å². The minimum atomic E-state index is -0.204. The van der Waals surface area contributed by atoms with Gasteiger partial charge >= 0.3 is 0 Å². The van der Waals surface area contributed by atoms with E-state index in [1.165, 1.54) is 11.1 Å². The Labute approximate surface area is 149 Å². The highest BCUT2D eigenvalue weighted by Crippen LogP contribution is 2.20. The molecule has 1 unspecified atom stereocenters. The van der Waals surface area contributed by atoms with Gasteiger partial charge in [-0.15, -0.1) is 12.4 Å². The molecule has 24 heavy (non-hydrogen) atoms. The summed E-state index contributed by atoms with van der Waals surface area (Å²) in [5, 5.41) is 6.28. The summed E-state index contributed by atoms with van der Waals surface area (Å²) in [7, 11) is 0. The molecule has 2 N–H and O–H groups in total. The molecule has 1 amide bonds. The highest BCUT2D eigenvalue weighted by Gasteiger charge is 2.23. The van der Waals surface area contributed by atoms with Gasteiger partial charge in [-0.2, -0.15) is 0 Å². The zero-order chi connectivity index (χ0) is 16.1. The molecule has 0 aliphatic carbocycles. The number of rotatable bonds is 5. The van der Waals surface area contributed by atoms with Crippen molar-refractivity contribution in [2.24, 2.45) is 0 Å². The maximum atomic E-state index is 12.5. The van der Waals surface area contributed by atoms with Crippen molar-refractivity contribution in [2.75, 3.05) is 11.9 Å². The van der Waals surface area contributed by atoms with Crippen molar-refractivity contribution in [1.82, 2.24) is 5.32 Å². The quantitative estimate of drug-likeness (QED) is 0.870. The molecule has 5 heteroatoms. The Morgan fingerprint density at radius 3 is 2.79 bits per heavy atom. The summed E-state index contributed by atoms with van der Waals surface area (Å²) >= 11 is 0. The van der Waals surface area contributed by atoms with Crippen LogP contribution in [-0.2, 0) is 17.8 Å². The molecule has 1 heterocycles. The fourth-order valence-corrected chi connectivity index (χ4v) is 2.75. The summed E-state index contributed by atoms with van der Waals surface area (Å²) in [6, 6.07) is 15.6. The van der Waals surface area contributed by atoms with Gasteiger partial charge in [0.1, 0.15) is 5.75 Å². The molecule has 0 saturated carbocycles. The van der Waals surface area contributed by atoms with Gasteiger partial charge in [0.2, 0.25) is 5.91 Å². The van der Waals surface area contributed by atoms with Gasteiger partial charge in [-0.25, -0.2) is 0 Å². The number of amides is 1. The summed E-state index contributed by atoms with van der Waals surface area (Å²) in [6.07, 6.45) is 1.68. The maximum absolute atomic E-state index is 12.5. The number of ether oxygens (including phenoxy) is 1. The number of nitrogens with one attached hydrogen (secondary N) is 2. The Morgan fingerprint density at radius 1 is 1.21 bits per heavy atom. The van der Waals surface area contributed by atoms with E-state index in [2.05, 4.69) is 29.7 Å². The summed E-state index contributed by atoms with van der Waals surface area (Å²) in [6.45, 7) is 3.48. The van der Waals surface area contributed by atoms with Crippen LogP contribution in [0.2, 0.25) is 0 Å². The van der Waals surface area contributed by atoms with Gasteiger partial charge in [-0.05, 0) is 36.1 Å². The Kier molecular flexibility index (Phi) is 6.64. The van der Waals surface area contributed by atoms with Gasteiger partial charge in [0, 0.05) is 18.3 Å². The first kappa shape index (κ1) is 18.3. The third-order valence-electron chi connectivity index (χ3n) is 3.97. The molecule has 2 aromatic rings. The first-order valence-corrected chi connectivity index (χ1v) is 8.10. The molecule has 0 bridgehead atoms. The lowest BCUT2D eigenvalue weighted by atomic mass is 9.95. The van der Waals surface area contributed by atoms with Crippen LogP contribution in [0.25, 0.3) is 0 Å². The fraction of sp³-hybridized carbons (Fsp3) is 0.316. The Morgan fingerprint density at radius 2 is 2.00 bits per heavy atom. The normalized spacial score (nSPS) is 15.8. The van der Waals surface area contributed by atoms with E-state index in [9.17, 15) is 4.79 Å². The highest BCUT2D eigenvalue weighted by molar-refractivity contribution is 5.95. The highest BCUT2D eigenvalue weighted by atomic mass is 35.5. The van der Waals surface area contributed by atoms with Crippen LogP contribution in [0.5, 0.6) is 5.75 Å². The maximum Gasteiger partial charge on any atom is 0.241 e. The molecule has 0 saturated heterocycles. The SMILES string of the molecule is CCCOc1cccc(NC(=O)C2Cc3ccccc3CN2)c1.Cl. The molecule has 2 aromatic carbocycles. The summed E-state index contributed by atoms with van der Waals surface area (Å²) in [4.78, 5) is 12.5. The van der Waals surface area contributed by atoms with Crippen LogP contribution in [0.15, 0.2) is 48.5 Å². The predicted molar refractivity (Wildman–Crippen MR) is 98.9 cm³/mol. The van der Waals surface area contributed by atoms with E-state index in [0.29, 0.717) is 13.0 Å². The van der Waals surface area contributed by atoms with Crippen molar-refractivity contribution in [3.8, 4) is 5.75 Å². The van der Waals surface area contributed by atoms with Crippen LogP contribution >= 0.6 is 12.4 Å². The lowest BCUT2D eigenvalue weighted by molar-refractivity contribution is -0.118. The summed E-state index contributed by atoms with van der Waals surface area (Å²) in [5.41, 5.74) is 3.28. The van der Waals surface area contributed by atoms with Crippen molar-refractivity contribution in [3.63, 3.8) is 0 Å². The summed E-state index contributed by atoms with van der Waals surface area (Å²) < 4.78 is 5.60. The van der Waals surface area contributed by atoms with Gasteiger partial charge in [0.25, 0.3) is 0 Å². The smallest absolute Gasteiger partial charge is 0.241 e. The van der Waals surface area contributed by atoms with Gasteiger partial charge in [-0.3, -0.25) is 4.79 Å². The Bertz CT molecular complexity index is 691. The predicted octanol–water partition coefficient (Wildman–Crippen LogP) is 3.55. The Balaban J connectivity index is 0.00000208. The third kappa shape index (κ3) is 4.49. The van der Waals surface area contributed by atoms with Crippen LogP contribution in [-0.4, -0.2) is 18.6 Å². The zero-order valence-electron chi connectivity index (χ0n) is 13.7. The number of halogens is 1. The van der Waals surface area contributed by atoms with Crippen LogP contribution in [0, 0.1) is 0 Å². The third-order valence-corrected chi connectivity index (χ3v) is 3.97. The van der Waals surface area contributed by atoms with Crippen LogP contribution in [0.4, 0.5) is 5.69 Å². The number of hydrogen-bond acceptors (Lipinski definition) is 3. The monoisotopic (exact) mass is 346 g/mol. The largest absolute Gasteiger partial charge is 0.494 e. The number of carbonyl (C=O) groups is 1. The molecule has 0 fully saturated rings. The van der Waals surface area contributed by atoms with Crippen molar-refractivity contribution < 1.29 is 9.53 Å². The topological polar surface area (TPSA) is 50.4 Å². The van der Waals surface area contributed by atoms with Crippen molar-refractivity contribution >= 4 is 24.0 Å². The number of carbonyl (C=O) groups excluding carboxylic acids is 1. The minimum Gasteiger partial charge on any atom is -0.494 e. The van der Waals surface area contributed by atoms with Crippen LogP contribution in [0.1, 0.15) is 24.5 Å².